The summed E-state index contributed by atoms with van der Waals surface area (Å²) in [5.74, 6) is 0. The van der Waals surface area contributed by atoms with Crippen LogP contribution in [0, 0.1) is 6.92 Å². The smallest absolute Gasteiger partial charge is 0.112 e. The van der Waals surface area contributed by atoms with E-state index in [-0.39, 0.29) is 6.10 Å². The van der Waals surface area contributed by atoms with Gasteiger partial charge < -0.3 is 9.84 Å². The van der Waals surface area contributed by atoms with Crippen LogP contribution in [0.1, 0.15) is 23.5 Å². The number of nitrogens with zero attached hydrogens (tertiary/aromatic N) is 1. The van der Waals surface area contributed by atoms with E-state index in [4.69, 9.17) is 4.74 Å². The lowest BCUT2D eigenvalue weighted by Crippen LogP contribution is -2.45. The van der Waals surface area contributed by atoms with Gasteiger partial charge in [-0.25, -0.2) is 4.98 Å². The zero-order valence-corrected chi connectivity index (χ0v) is 8.60. The van der Waals surface area contributed by atoms with Crippen LogP contribution in [-0.2, 0) is 10.3 Å². The van der Waals surface area contributed by atoms with Crippen molar-refractivity contribution in [3.63, 3.8) is 0 Å². The second-order valence-corrected chi connectivity index (χ2v) is 4.61. The van der Waals surface area contributed by atoms with Crippen molar-refractivity contribution in [3.05, 3.63) is 16.1 Å². The summed E-state index contributed by atoms with van der Waals surface area (Å²) < 4.78 is 5.13. The number of ether oxygens (including phenoxy) is 1. The van der Waals surface area contributed by atoms with Gasteiger partial charge in [-0.3, -0.25) is 0 Å². The van der Waals surface area contributed by atoms with Gasteiger partial charge in [0.05, 0.1) is 16.8 Å². The molecule has 1 aromatic heterocycles. The molecule has 1 aromatic rings. The van der Waals surface area contributed by atoms with E-state index in [1.54, 1.807) is 18.4 Å². The maximum Gasteiger partial charge on any atom is 0.112 e. The Kier molecular flexibility index (Phi) is 2.14. The van der Waals surface area contributed by atoms with E-state index in [2.05, 4.69) is 4.98 Å². The molecule has 0 aliphatic heterocycles. The topological polar surface area (TPSA) is 42.4 Å². The molecule has 0 amide bonds. The number of aryl methyl sites for hydroxylation is 1. The van der Waals surface area contributed by atoms with Crippen molar-refractivity contribution in [2.24, 2.45) is 0 Å². The Morgan fingerprint density at radius 2 is 2.38 bits per heavy atom. The molecule has 13 heavy (non-hydrogen) atoms. The minimum absolute atomic E-state index is 0.201. The number of aromatic nitrogens is 1. The number of methoxy groups -OCH3 is 1. The van der Waals surface area contributed by atoms with E-state index in [0.29, 0.717) is 12.8 Å². The first-order valence-corrected chi connectivity index (χ1v) is 5.20. The first-order valence-electron chi connectivity index (χ1n) is 4.32. The van der Waals surface area contributed by atoms with Crippen LogP contribution in [0.3, 0.4) is 0 Å². The van der Waals surface area contributed by atoms with Crippen LogP contribution in [0.15, 0.2) is 5.38 Å². The van der Waals surface area contributed by atoms with Gasteiger partial charge in [-0.05, 0) is 6.92 Å². The van der Waals surface area contributed by atoms with Crippen molar-refractivity contribution in [2.75, 3.05) is 7.11 Å². The number of hydrogen-bond donors (Lipinski definition) is 1. The normalized spacial score (nSPS) is 33.0. The number of hydrogen-bond acceptors (Lipinski definition) is 4. The summed E-state index contributed by atoms with van der Waals surface area (Å²) in [5.41, 5.74) is 0.0918. The van der Waals surface area contributed by atoms with Crippen LogP contribution in [0.4, 0.5) is 0 Å². The highest BCUT2D eigenvalue weighted by atomic mass is 32.1. The Labute approximate surface area is 81.4 Å². The van der Waals surface area contributed by atoms with E-state index >= 15 is 0 Å². The molecular formula is C9H13NO2S. The second-order valence-electron chi connectivity index (χ2n) is 3.55. The van der Waals surface area contributed by atoms with Crippen molar-refractivity contribution < 1.29 is 9.84 Å². The molecule has 0 bridgehead atoms. The molecule has 0 spiro atoms. The van der Waals surface area contributed by atoms with Gasteiger partial charge in [-0.2, -0.15) is 0 Å². The maximum atomic E-state index is 10.1. The number of aliphatic hydroxyl groups is 1. The molecule has 1 fully saturated rings. The Bertz CT molecular complexity index is 304. The summed E-state index contributed by atoms with van der Waals surface area (Å²) in [4.78, 5) is 4.29. The average molecular weight is 199 g/mol. The fourth-order valence-electron chi connectivity index (χ4n) is 1.65. The summed E-state index contributed by atoms with van der Waals surface area (Å²) in [5, 5.41) is 13.0. The lowest BCUT2D eigenvalue weighted by atomic mass is 9.75. The second kappa shape index (κ2) is 3.04. The van der Waals surface area contributed by atoms with Crippen LogP contribution in [0.25, 0.3) is 0 Å². The van der Waals surface area contributed by atoms with Crippen LogP contribution < -0.4 is 0 Å². The van der Waals surface area contributed by atoms with Gasteiger partial charge in [0, 0.05) is 25.3 Å². The third-order valence-corrected chi connectivity index (χ3v) is 3.33. The fourth-order valence-corrected chi connectivity index (χ4v) is 2.35. The molecule has 0 aromatic carbocycles. The molecule has 72 valence electrons. The Balaban J connectivity index is 2.10. The molecule has 1 heterocycles. The van der Waals surface area contributed by atoms with Crippen molar-refractivity contribution in [2.45, 2.75) is 31.5 Å². The third kappa shape index (κ3) is 1.49. The molecule has 3 nitrogen and oxygen atoms in total. The minimum atomic E-state index is -0.717. The summed E-state index contributed by atoms with van der Waals surface area (Å²) in [6.45, 7) is 1.95. The van der Waals surface area contributed by atoms with Gasteiger partial charge in [0.1, 0.15) is 5.60 Å². The summed E-state index contributed by atoms with van der Waals surface area (Å²) >= 11 is 1.58. The van der Waals surface area contributed by atoms with Crippen LogP contribution in [0.2, 0.25) is 0 Å². The molecule has 1 aliphatic rings. The lowest BCUT2D eigenvalue weighted by molar-refractivity contribution is -0.135. The van der Waals surface area contributed by atoms with E-state index in [9.17, 15) is 5.11 Å². The van der Waals surface area contributed by atoms with Crippen molar-refractivity contribution in [3.8, 4) is 0 Å². The molecule has 0 radical (unpaired) electrons. The standard InChI is InChI=1S/C9H13NO2S/c1-6-10-8(5-13-6)9(11)3-7(4-9)12-2/h5,7,11H,3-4H2,1-2H3. The first-order chi connectivity index (χ1) is 6.14. The minimum Gasteiger partial charge on any atom is -0.383 e. The fraction of sp³-hybridized carbons (Fsp3) is 0.667. The molecule has 1 saturated carbocycles. The van der Waals surface area contributed by atoms with Gasteiger partial charge in [-0.15, -0.1) is 11.3 Å². The van der Waals surface area contributed by atoms with Gasteiger partial charge >= 0.3 is 0 Å². The monoisotopic (exact) mass is 199 g/mol. The molecular weight excluding hydrogens is 186 g/mol. The largest absolute Gasteiger partial charge is 0.383 e. The highest BCUT2D eigenvalue weighted by Gasteiger charge is 2.45. The summed E-state index contributed by atoms with van der Waals surface area (Å²) in [6.07, 6.45) is 1.55. The summed E-state index contributed by atoms with van der Waals surface area (Å²) in [7, 11) is 1.68. The van der Waals surface area contributed by atoms with Gasteiger partial charge in [-0.1, -0.05) is 0 Å². The molecule has 1 aliphatic carbocycles. The van der Waals surface area contributed by atoms with Gasteiger partial charge in [0.2, 0.25) is 0 Å². The number of rotatable bonds is 2. The van der Waals surface area contributed by atoms with Gasteiger partial charge in [0.15, 0.2) is 0 Å². The quantitative estimate of drug-likeness (QED) is 0.784. The molecule has 4 heteroatoms. The highest BCUT2D eigenvalue weighted by Crippen LogP contribution is 2.42. The van der Waals surface area contributed by atoms with Gasteiger partial charge in [0.25, 0.3) is 0 Å². The van der Waals surface area contributed by atoms with Crippen molar-refractivity contribution in [1.29, 1.82) is 0 Å². The van der Waals surface area contributed by atoms with E-state index in [1.165, 1.54) is 0 Å². The Morgan fingerprint density at radius 1 is 1.69 bits per heavy atom. The van der Waals surface area contributed by atoms with E-state index in [1.807, 2.05) is 12.3 Å². The zero-order chi connectivity index (χ0) is 9.47. The SMILES string of the molecule is COC1CC(O)(c2csc(C)n2)C1. The number of thiazole rings is 1. The van der Waals surface area contributed by atoms with Crippen LogP contribution in [0.5, 0.6) is 0 Å². The lowest BCUT2D eigenvalue weighted by Gasteiger charge is -2.41. The maximum absolute atomic E-state index is 10.1. The summed E-state index contributed by atoms with van der Waals surface area (Å²) in [6, 6.07) is 0. The zero-order valence-electron chi connectivity index (χ0n) is 7.78. The van der Waals surface area contributed by atoms with E-state index in [0.717, 1.165) is 10.7 Å². The Hall–Kier alpha value is -0.450. The molecule has 2 rings (SSSR count). The predicted octanol–water partition coefficient (Wildman–Crippen LogP) is 1.45. The molecule has 0 saturated heterocycles. The third-order valence-electron chi connectivity index (χ3n) is 2.56. The molecule has 0 atom stereocenters. The predicted molar refractivity (Wildman–Crippen MR) is 50.8 cm³/mol. The highest BCUT2D eigenvalue weighted by molar-refractivity contribution is 7.09. The van der Waals surface area contributed by atoms with E-state index < -0.39 is 5.60 Å². The first kappa shape index (κ1) is 9.12. The molecule has 0 unspecified atom stereocenters. The Morgan fingerprint density at radius 3 is 2.85 bits per heavy atom. The van der Waals surface area contributed by atoms with Crippen molar-refractivity contribution in [1.82, 2.24) is 4.98 Å². The molecule has 1 N–H and O–H groups in total. The van der Waals surface area contributed by atoms with Crippen LogP contribution in [-0.4, -0.2) is 23.3 Å². The average Bonchev–Trinajstić information content (AvgIpc) is 2.46. The van der Waals surface area contributed by atoms with Crippen molar-refractivity contribution >= 4 is 11.3 Å². The van der Waals surface area contributed by atoms with Crippen LogP contribution >= 0.6 is 11.3 Å².